The zero-order valence-electron chi connectivity index (χ0n) is 23.1. The largest absolute Gasteiger partial charge is 0.444 e. The third-order valence-corrected chi connectivity index (χ3v) is 6.86. The molecule has 4 rings (SSSR count). The second-order valence-corrected chi connectivity index (χ2v) is 11.1. The summed E-state index contributed by atoms with van der Waals surface area (Å²) in [4.78, 5) is 56.8. The van der Waals surface area contributed by atoms with Gasteiger partial charge in [-0.3, -0.25) is 19.3 Å². The van der Waals surface area contributed by atoms with Crippen LogP contribution in [0.5, 0.6) is 0 Å². The zero-order valence-corrected chi connectivity index (χ0v) is 23.1. The number of nitrogens with zero attached hydrogens (tertiary/aromatic N) is 1. The highest BCUT2D eigenvalue weighted by Crippen LogP contribution is 2.23. The van der Waals surface area contributed by atoms with E-state index in [2.05, 4.69) is 15.6 Å². The van der Waals surface area contributed by atoms with Crippen LogP contribution >= 0.6 is 0 Å². The molecular formula is C30H37N5O5. The Kier molecular flexibility index (Phi) is 8.77. The summed E-state index contributed by atoms with van der Waals surface area (Å²) in [6, 6.07) is 14.1. The first-order valence-electron chi connectivity index (χ1n) is 13.5. The molecule has 3 atom stereocenters. The van der Waals surface area contributed by atoms with E-state index in [4.69, 9.17) is 10.5 Å². The molecule has 2 heterocycles. The van der Waals surface area contributed by atoms with E-state index in [9.17, 15) is 19.2 Å². The Hall–Kier alpha value is -4.34. The van der Waals surface area contributed by atoms with Crippen molar-refractivity contribution in [2.24, 2.45) is 5.73 Å². The monoisotopic (exact) mass is 547 g/mol. The number of hydrogen-bond acceptors (Lipinski definition) is 5. The molecule has 212 valence electrons. The Morgan fingerprint density at radius 1 is 1.00 bits per heavy atom. The number of carbonyl (C=O) groups excluding carboxylic acids is 4. The fourth-order valence-electron chi connectivity index (χ4n) is 4.92. The van der Waals surface area contributed by atoms with Crippen LogP contribution in [0.25, 0.3) is 10.9 Å². The number of para-hydroxylation sites is 1. The Morgan fingerprint density at radius 3 is 2.40 bits per heavy atom. The van der Waals surface area contributed by atoms with E-state index < -0.39 is 47.5 Å². The predicted molar refractivity (Wildman–Crippen MR) is 151 cm³/mol. The minimum Gasteiger partial charge on any atom is -0.444 e. The van der Waals surface area contributed by atoms with Crippen molar-refractivity contribution in [1.82, 2.24) is 20.5 Å². The van der Waals surface area contributed by atoms with E-state index in [1.54, 1.807) is 27.0 Å². The standard InChI is InChI=1S/C30H37N5O5/c1-30(2,3)40-29(39)35-15-9-14-25(35)28(38)34-24(17-20-18-32-22-13-8-7-12-21(20)22)27(37)33-23(26(31)36)16-19-10-5-4-6-11-19/h4-8,10-13,18,23-25,32H,9,14-17H2,1-3H3,(H2,31,36)(H,33,37)(H,34,38)/t23-,24-,25-/m0/s1. The van der Waals surface area contributed by atoms with Gasteiger partial charge in [-0.25, -0.2) is 4.79 Å². The van der Waals surface area contributed by atoms with Crippen molar-refractivity contribution in [3.05, 3.63) is 71.9 Å². The van der Waals surface area contributed by atoms with Crippen molar-refractivity contribution in [1.29, 1.82) is 0 Å². The fraction of sp³-hybridized carbons (Fsp3) is 0.400. The van der Waals surface area contributed by atoms with E-state index >= 15 is 0 Å². The summed E-state index contributed by atoms with van der Waals surface area (Å²) in [5.74, 6) is -1.68. The molecule has 2 aromatic carbocycles. The highest BCUT2D eigenvalue weighted by atomic mass is 16.6. The van der Waals surface area contributed by atoms with Crippen molar-refractivity contribution in [3.8, 4) is 0 Å². The predicted octanol–water partition coefficient (Wildman–Crippen LogP) is 2.81. The van der Waals surface area contributed by atoms with Gasteiger partial charge in [-0.05, 0) is 50.8 Å². The number of nitrogens with two attached hydrogens (primary N) is 1. The first-order chi connectivity index (χ1) is 19.0. The average molecular weight is 548 g/mol. The van der Waals surface area contributed by atoms with Gasteiger partial charge in [0.2, 0.25) is 17.7 Å². The first-order valence-corrected chi connectivity index (χ1v) is 13.5. The van der Waals surface area contributed by atoms with Crippen LogP contribution in [0.1, 0.15) is 44.7 Å². The number of likely N-dealkylation sites (tertiary alicyclic amines) is 1. The maximum absolute atomic E-state index is 13.6. The van der Waals surface area contributed by atoms with E-state index in [1.807, 2.05) is 54.6 Å². The van der Waals surface area contributed by atoms with Crippen molar-refractivity contribution in [3.63, 3.8) is 0 Å². The topological polar surface area (TPSA) is 147 Å². The normalized spacial score (nSPS) is 16.8. The van der Waals surface area contributed by atoms with Gasteiger partial charge in [-0.15, -0.1) is 0 Å². The second-order valence-electron chi connectivity index (χ2n) is 11.1. The SMILES string of the molecule is CC(C)(C)OC(=O)N1CCC[C@H]1C(=O)N[C@@H](Cc1c[nH]c2ccccc12)C(=O)N[C@@H](Cc1ccccc1)C(N)=O. The molecule has 1 aliphatic heterocycles. The fourth-order valence-corrected chi connectivity index (χ4v) is 4.92. The minimum atomic E-state index is -1.02. The number of nitrogens with one attached hydrogen (secondary N) is 3. The third kappa shape index (κ3) is 7.19. The van der Waals surface area contributed by atoms with Crippen LogP contribution in [-0.2, 0) is 32.0 Å². The highest BCUT2D eigenvalue weighted by molar-refractivity contribution is 5.94. The molecule has 3 aromatic rings. The molecule has 4 amide bonds. The van der Waals surface area contributed by atoms with Gasteiger partial charge in [-0.2, -0.15) is 0 Å². The number of H-pyrrole nitrogens is 1. The number of amides is 4. The molecule has 0 bridgehead atoms. The molecule has 40 heavy (non-hydrogen) atoms. The van der Waals surface area contributed by atoms with Crippen molar-refractivity contribution in [2.75, 3.05) is 6.54 Å². The summed E-state index contributed by atoms with van der Waals surface area (Å²) in [7, 11) is 0. The summed E-state index contributed by atoms with van der Waals surface area (Å²) in [5.41, 5.74) is 7.49. The molecule has 1 aliphatic rings. The van der Waals surface area contributed by atoms with Crippen LogP contribution in [0.2, 0.25) is 0 Å². The van der Waals surface area contributed by atoms with E-state index in [0.29, 0.717) is 19.4 Å². The van der Waals surface area contributed by atoms with Gasteiger partial charge in [0.1, 0.15) is 23.7 Å². The quantitative estimate of drug-likeness (QED) is 0.325. The van der Waals surface area contributed by atoms with Gasteiger partial charge in [0.25, 0.3) is 0 Å². The van der Waals surface area contributed by atoms with Crippen LogP contribution in [0.3, 0.4) is 0 Å². The summed E-state index contributed by atoms with van der Waals surface area (Å²) in [6.07, 6.45) is 2.69. The van der Waals surface area contributed by atoms with Gasteiger partial charge >= 0.3 is 6.09 Å². The first kappa shape index (κ1) is 28.7. The number of fused-ring (bicyclic) bond motifs is 1. The third-order valence-electron chi connectivity index (χ3n) is 6.86. The molecule has 5 N–H and O–H groups in total. The number of hydrogen-bond donors (Lipinski definition) is 4. The lowest BCUT2D eigenvalue weighted by molar-refractivity contribution is -0.132. The van der Waals surface area contributed by atoms with Crippen LogP contribution in [0.15, 0.2) is 60.8 Å². The molecule has 10 nitrogen and oxygen atoms in total. The number of carbonyl (C=O) groups is 4. The number of aromatic amines is 1. The Morgan fingerprint density at radius 2 is 1.70 bits per heavy atom. The lowest BCUT2D eigenvalue weighted by Gasteiger charge is -2.29. The highest BCUT2D eigenvalue weighted by Gasteiger charge is 2.38. The Labute approximate surface area is 233 Å². The average Bonchev–Trinajstić information content (AvgIpc) is 3.55. The summed E-state index contributed by atoms with van der Waals surface area (Å²) in [6.45, 7) is 5.68. The number of rotatable bonds is 9. The van der Waals surface area contributed by atoms with Gasteiger partial charge in [0.05, 0.1) is 0 Å². The van der Waals surface area contributed by atoms with Gasteiger partial charge in [0.15, 0.2) is 0 Å². The van der Waals surface area contributed by atoms with Crippen LogP contribution in [-0.4, -0.2) is 64.0 Å². The van der Waals surface area contributed by atoms with E-state index in [-0.39, 0.29) is 12.8 Å². The molecule has 0 saturated carbocycles. The molecule has 0 radical (unpaired) electrons. The molecule has 0 unspecified atom stereocenters. The summed E-state index contributed by atoms with van der Waals surface area (Å²) >= 11 is 0. The van der Waals surface area contributed by atoms with Crippen molar-refractivity contribution >= 4 is 34.7 Å². The molecule has 1 fully saturated rings. The summed E-state index contributed by atoms with van der Waals surface area (Å²) < 4.78 is 5.50. The minimum absolute atomic E-state index is 0.164. The van der Waals surface area contributed by atoms with E-state index in [0.717, 1.165) is 22.0 Å². The van der Waals surface area contributed by atoms with Crippen LogP contribution in [0, 0.1) is 0 Å². The maximum Gasteiger partial charge on any atom is 0.410 e. The smallest absolute Gasteiger partial charge is 0.410 e. The van der Waals surface area contributed by atoms with Crippen LogP contribution in [0.4, 0.5) is 4.79 Å². The molecule has 1 saturated heterocycles. The lowest BCUT2D eigenvalue weighted by atomic mass is 10.0. The van der Waals surface area contributed by atoms with Crippen LogP contribution < -0.4 is 16.4 Å². The van der Waals surface area contributed by atoms with Gasteiger partial charge in [0, 0.05) is 36.5 Å². The molecular weight excluding hydrogens is 510 g/mol. The van der Waals surface area contributed by atoms with Crippen molar-refractivity contribution in [2.45, 2.75) is 70.2 Å². The second kappa shape index (κ2) is 12.2. The van der Waals surface area contributed by atoms with E-state index in [1.165, 1.54) is 4.90 Å². The van der Waals surface area contributed by atoms with Crippen molar-refractivity contribution < 1.29 is 23.9 Å². The zero-order chi connectivity index (χ0) is 28.9. The number of aromatic nitrogens is 1. The molecule has 0 aliphatic carbocycles. The number of primary amides is 1. The molecule has 0 spiro atoms. The molecule has 10 heteroatoms. The Bertz CT molecular complexity index is 1360. The number of ether oxygens (including phenoxy) is 1. The summed E-state index contributed by atoms with van der Waals surface area (Å²) in [5, 5.41) is 6.51. The van der Waals surface area contributed by atoms with Gasteiger partial charge < -0.3 is 26.1 Å². The Balaban J connectivity index is 1.55. The lowest BCUT2D eigenvalue weighted by Crippen LogP contribution is -2.57. The van der Waals surface area contributed by atoms with Gasteiger partial charge in [-0.1, -0.05) is 48.5 Å². The number of benzene rings is 2. The maximum atomic E-state index is 13.6. The molecule has 1 aromatic heterocycles.